The molecule has 0 N–H and O–H groups in total. The lowest BCUT2D eigenvalue weighted by Gasteiger charge is -2.56. The summed E-state index contributed by atoms with van der Waals surface area (Å²) in [5.41, 5.74) is 1.54. The van der Waals surface area contributed by atoms with Crippen LogP contribution < -0.4 is 0 Å². The van der Waals surface area contributed by atoms with Crippen LogP contribution in [0.2, 0.25) is 0 Å². The number of esters is 1. The Morgan fingerprint density at radius 1 is 1.09 bits per heavy atom. The van der Waals surface area contributed by atoms with Gasteiger partial charge in [0.25, 0.3) is 0 Å². The standard InChI is InChI=1S/C27H32O5/c1-16(28)4-5-22(30)19-15-17-14-18(29)6-10-25(17,2)20-7-11-26(3)21(24(19)20)8-12-27(26)13-9-23(31)32-27/h4-5,7,14,19,21,24H,6,8-13,15H2,1-3H3/b5-4+/t19-,21-,24+,25?,26?,27+/m0/s1. The fourth-order valence-corrected chi connectivity index (χ4v) is 7.75. The van der Waals surface area contributed by atoms with Crippen molar-refractivity contribution in [1.29, 1.82) is 0 Å². The van der Waals surface area contributed by atoms with Crippen LogP contribution in [0.4, 0.5) is 0 Å². The molecule has 1 saturated heterocycles. The van der Waals surface area contributed by atoms with Crippen LogP contribution in [0.25, 0.3) is 0 Å². The van der Waals surface area contributed by atoms with Crippen LogP contribution in [0.1, 0.15) is 72.1 Å². The lowest BCUT2D eigenvalue weighted by atomic mass is 9.47. The van der Waals surface area contributed by atoms with Gasteiger partial charge in [-0.2, -0.15) is 0 Å². The first-order valence-electron chi connectivity index (χ1n) is 12.0. The molecule has 0 aromatic heterocycles. The van der Waals surface area contributed by atoms with Gasteiger partial charge in [0, 0.05) is 29.6 Å². The molecule has 5 rings (SSSR count). The molecule has 0 amide bonds. The van der Waals surface area contributed by atoms with Crippen molar-refractivity contribution in [2.75, 3.05) is 0 Å². The number of hydrogen-bond donors (Lipinski definition) is 0. The fourth-order valence-electron chi connectivity index (χ4n) is 7.75. The zero-order valence-corrected chi connectivity index (χ0v) is 19.2. The van der Waals surface area contributed by atoms with E-state index in [0.29, 0.717) is 19.3 Å². The smallest absolute Gasteiger partial charge is 0.306 e. The molecular weight excluding hydrogens is 404 g/mol. The number of ether oxygens (including phenoxy) is 1. The van der Waals surface area contributed by atoms with E-state index in [9.17, 15) is 19.2 Å². The predicted molar refractivity (Wildman–Crippen MR) is 118 cm³/mol. The molecule has 0 radical (unpaired) electrons. The van der Waals surface area contributed by atoms with Gasteiger partial charge in [-0.1, -0.05) is 31.1 Å². The van der Waals surface area contributed by atoms with Crippen molar-refractivity contribution in [2.45, 2.75) is 77.7 Å². The maximum atomic E-state index is 13.4. The number of ketones is 3. The molecule has 32 heavy (non-hydrogen) atoms. The first kappa shape index (κ1) is 21.5. The molecule has 170 valence electrons. The number of allylic oxidation sites excluding steroid dienone is 6. The second-order valence-corrected chi connectivity index (χ2v) is 11.0. The summed E-state index contributed by atoms with van der Waals surface area (Å²) in [6.07, 6.45) is 12.6. The molecule has 1 spiro atoms. The Labute approximate surface area is 189 Å². The second kappa shape index (κ2) is 7.10. The summed E-state index contributed by atoms with van der Waals surface area (Å²) < 4.78 is 6.01. The van der Waals surface area contributed by atoms with Gasteiger partial charge in [-0.05, 0) is 75.5 Å². The molecule has 4 aliphatic carbocycles. The van der Waals surface area contributed by atoms with Gasteiger partial charge in [0.2, 0.25) is 0 Å². The topological polar surface area (TPSA) is 77.5 Å². The highest BCUT2D eigenvalue weighted by molar-refractivity contribution is 6.00. The second-order valence-electron chi connectivity index (χ2n) is 11.0. The number of rotatable bonds is 3. The van der Waals surface area contributed by atoms with Gasteiger partial charge in [-0.3, -0.25) is 19.2 Å². The Bertz CT molecular complexity index is 1020. The van der Waals surface area contributed by atoms with Gasteiger partial charge in [0.05, 0.1) is 0 Å². The van der Waals surface area contributed by atoms with E-state index in [1.807, 2.05) is 0 Å². The first-order valence-corrected chi connectivity index (χ1v) is 12.0. The summed E-state index contributed by atoms with van der Waals surface area (Å²) in [6, 6.07) is 0. The van der Waals surface area contributed by atoms with Crippen molar-refractivity contribution in [3.05, 3.63) is 35.5 Å². The maximum absolute atomic E-state index is 13.4. The quantitative estimate of drug-likeness (QED) is 0.371. The van der Waals surface area contributed by atoms with E-state index in [4.69, 9.17) is 4.74 Å². The van der Waals surface area contributed by atoms with Gasteiger partial charge in [-0.25, -0.2) is 0 Å². The Hall–Kier alpha value is -2.30. The van der Waals surface area contributed by atoms with Crippen molar-refractivity contribution in [2.24, 2.45) is 28.6 Å². The van der Waals surface area contributed by atoms with E-state index in [-0.39, 0.29) is 51.9 Å². The third-order valence-corrected chi connectivity index (χ3v) is 9.57. The average Bonchev–Trinajstić information content (AvgIpc) is 3.26. The molecule has 0 bridgehead atoms. The summed E-state index contributed by atoms with van der Waals surface area (Å²) in [5.74, 6) is -0.153. The Morgan fingerprint density at radius 3 is 2.56 bits per heavy atom. The minimum absolute atomic E-state index is 0.0364. The molecule has 2 unspecified atom stereocenters. The zero-order chi connectivity index (χ0) is 22.9. The van der Waals surface area contributed by atoms with Gasteiger partial charge >= 0.3 is 5.97 Å². The Morgan fingerprint density at radius 2 is 1.88 bits per heavy atom. The molecule has 5 heteroatoms. The Balaban J connectivity index is 1.61. The van der Waals surface area contributed by atoms with E-state index >= 15 is 0 Å². The molecule has 5 nitrogen and oxygen atoms in total. The van der Waals surface area contributed by atoms with E-state index in [1.54, 1.807) is 6.08 Å². The minimum Gasteiger partial charge on any atom is -0.458 e. The monoisotopic (exact) mass is 436 g/mol. The average molecular weight is 437 g/mol. The van der Waals surface area contributed by atoms with Crippen LogP contribution >= 0.6 is 0 Å². The highest BCUT2D eigenvalue weighted by Crippen LogP contribution is 2.69. The number of carbonyl (C=O) groups is 4. The van der Waals surface area contributed by atoms with Crippen molar-refractivity contribution >= 4 is 23.3 Å². The number of hydrogen-bond acceptors (Lipinski definition) is 5. The van der Waals surface area contributed by atoms with Crippen molar-refractivity contribution < 1.29 is 23.9 Å². The van der Waals surface area contributed by atoms with Crippen LogP contribution in [-0.4, -0.2) is 28.9 Å². The maximum Gasteiger partial charge on any atom is 0.306 e. The molecule has 2 saturated carbocycles. The van der Waals surface area contributed by atoms with Gasteiger partial charge in [0.15, 0.2) is 17.3 Å². The number of fused-ring (bicyclic) bond motifs is 6. The Kier molecular flexibility index (Phi) is 4.78. The summed E-state index contributed by atoms with van der Waals surface area (Å²) in [7, 11) is 0. The highest BCUT2D eigenvalue weighted by atomic mass is 16.6. The van der Waals surface area contributed by atoms with Gasteiger partial charge in [0.1, 0.15) is 5.60 Å². The largest absolute Gasteiger partial charge is 0.458 e. The van der Waals surface area contributed by atoms with Crippen LogP contribution in [0.5, 0.6) is 0 Å². The van der Waals surface area contributed by atoms with Crippen LogP contribution in [0.3, 0.4) is 0 Å². The lowest BCUT2D eigenvalue weighted by Crippen LogP contribution is -2.53. The van der Waals surface area contributed by atoms with E-state index < -0.39 is 5.60 Å². The third kappa shape index (κ3) is 2.89. The molecule has 0 aromatic rings. The number of carbonyl (C=O) groups excluding carboxylic acids is 4. The van der Waals surface area contributed by atoms with E-state index in [0.717, 1.165) is 37.7 Å². The van der Waals surface area contributed by atoms with Crippen LogP contribution in [0.15, 0.2) is 35.5 Å². The predicted octanol–water partition coefficient (Wildman–Crippen LogP) is 4.45. The molecule has 1 heterocycles. The van der Waals surface area contributed by atoms with E-state index in [2.05, 4.69) is 19.9 Å². The van der Waals surface area contributed by atoms with E-state index in [1.165, 1.54) is 24.6 Å². The zero-order valence-electron chi connectivity index (χ0n) is 19.2. The van der Waals surface area contributed by atoms with Gasteiger partial charge < -0.3 is 4.74 Å². The lowest BCUT2D eigenvalue weighted by molar-refractivity contribution is -0.161. The van der Waals surface area contributed by atoms with Crippen LogP contribution in [0, 0.1) is 28.6 Å². The first-order chi connectivity index (χ1) is 15.1. The van der Waals surface area contributed by atoms with Gasteiger partial charge in [-0.15, -0.1) is 0 Å². The van der Waals surface area contributed by atoms with Crippen molar-refractivity contribution in [3.8, 4) is 0 Å². The summed E-state index contributed by atoms with van der Waals surface area (Å²) in [6.45, 7) is 5.93. The fraction of sp³-hybridized carbons (Fsp3) is 0.630. The highest BCUT2D eigenvalue weighted by Gasteiger charge is 2.67. The normalized spacial score (nSPS) is 42.8. The minimum atomic E-state index is -0.431. The molecule has 1 aliphatic heterocycles. The summed E-state index contributed by atoms with van der Waals surface area (Å²) in [5, 5.41) is 0. The summed E-state index contributed by atoms with van der Waals surface area (Å²) >= 11 is 0. The van der Waals surface area contributed by atoms with Crippen molar-refractivity contribution in [1.82, 2.24) is 0 Å². The van der Waals surface area contributed by atoms with Crippen LogP contribution in [-0.2, 0) is 23.9 Å². The van der Waals surface area contributed by atoms with Crippen molar-refractivity contribution in [3.63, 3.8) is 0 Å². The molecular formula is C27H32O5. The molecule has 6 atom stereocenters. The third-order valence-electron chi connectivity index (χ3n) is 9.57. The molecule has 3 fully saturated rings. The molecule has 0 aromatic carbocycles. The molecule has 5 aliphatic rings. The summed E-state index contributed by atoms with van der Waals surface area (Å²) in [4.78, 5) is 49.3. The SMILES string of the molecule is CC(=O)/C=C/C(=O)[C@@H]1CC2=CC(=O)CCC2(C)C2=CCC3(C)[C@@H](CC[C@@]34CCC(=O)O4)[C@@H]21.